The quantitative estimate of drug-likeness (QED) is 0.626. The van der Waals surface area contributed by atoms with Gasteiger partial charge in [-0.2, -0.15) is 0 Å². The van der Waals surface area contributed by atoms with Crippen LogP contribution in [-0.2, 0) is 13.0 Å². The summed E-state index contributed by atoms with van der Waals surface area (Å²) in [7, 11) is 0. The molecular formula is C21H25N5. The third kappa shape index (κ3) is 4.79. The van der Waals surface area contributed by atoms with Crippen LogP contribution < -0.4 is 10.6 Å². The Morgan fingerprint density at radius 1 is 0.923 bits per heavy atom. The molecule has 3 aromatic rings. The minimum atomic E-state index is 0.659. The van der Waals surface area contributed by atoms with Gasteiger partial charge < -0.3 is 10.6 Å². The van der Waals surface area contributed by atoms with Crippen LogP contribution in [0.25, 0.3) is 11.5 Å². The third-order valence-electron chi connectivity index (χ3n) is 4.04. The van der Waals surface area contributed by atoms with Gasteiger partial charge in [0, 0.05) is 36.7 Å². The van der Waals surface area contributed by atoms with E-state index in [0.29, 0.717) is 5.82 Å². The molecular weight excluding hydrogens is 322 g/mol. The van der Waals surface area contributed by atoms with Gasteiger partial charge in [0.15, 0.2) is 5.82 Å². The van der Waals surface area contributed by atoms with Crippen molar-refractivity contribution in [3.05, 3.63) is 66.0 Å². The highest BCUT2D eigenvalue weighted by Gasteiger charge is 2.07. The number of pyridine rings is 1. The summed E-state index contributed by atoms with van der Waals surface area (Å²) in [5.74, 6) is 1.48. The van der Waals surface area contributed by atoms with Crippen molar-refractivity contribution in [1.82, 2.24) is 15.0 Å². The normalized spacial score (nSPS) is 10.5. The maximum absolute atomic E-state index is 4.63. The van der Waals surface area contributed by atoms with Gasteiger partial charge in [0.25, 0.3) is 0 Å². The standard InChI is InChI=1S/C21H25N5/c1-3-12-22-18-10-8-16(9-11-18)15-24-20-14-17(4-2)25-21(26-20)19-7-5-6-13-23-19/h5-11,13-14,22H,3-4,12,15H2,1-2H3,(H,24,25,26). The second-order valence-electron chi connectivity index (χ2n) is 6.11. The van der Waals surface area contributed by atoms with Crippen LogP contribution in [0.4, 0.5) is 11.5 Å². The van der Waals surface area contributed by atoms with Crippen molar-refractivity contribution in [1.29, 1.82) is 0 Å². The Balaban J connectivity index is 1.71. The molecule has 0 aliphatic heterocycles. The highest BCUT2D eigenvalue weighted by molar-refractivity contribution is 5.53. The number of anilines is 2. The molecule has 134 valence electrons. The molecule has 0 spiro atoms. The number of benzene rings is 1. The summed E-state index contributed by atoms with van der Waals surface area (Å²) in [6.07, 6.45) is 3.74. The highest BCUT2D eigenvalue weighted by atomic mass is 15.0. The Morgan fingerprint density at radius 2 is 1.77 bits per heavy atom. The molecule has 2 aromatic heterocycles. The van der Waals surface area contributed by atoms with Crippen molar-refractivity contribution < 1.29 is 0 Å². The fourth-order valence-electron chi connectivity index (χ4n) is 2.58. The predicted molar refractivity (Wildman–Crippen MR) is 107 cm³/mol. The lowest BCUT2D eigenvalue weighted by molar-refractivity contribution is 0.978. The first kappa shape index (κ1) is 17.9. The van der Waals surface area contributed by atoms with E-state index in [0.717, 1.165) is 48.8 Å². The average Bonchev–Trinajstić information content (AvgIpc) is 2.72. The average molecular weight is 347 g/mol. The molecule has 1 aromatic carbocycles. The van der Waals surface area contributed by atoms with Crippen molar-refractivity contribution >= 4 is 11.5 Å². The minimum Gasteiger partial charge on any atom is -0.385 e. The lowest BCUT2D eigenvalue weighted by atomic mass is 10.2. The summed E-state index contributed by atoms with van der Waals surface area (Å²) in [6.45, 7) is 5.97. The van der Waals surface area contributed by atoms with Crippen LogP contribution in [0.15, 0.2) is 54.7 Å². The lowest BCUT2D eigenvalue weighted by Gasteiger charge is -2.10. The van der Waals surface area contributed by atoms with Crippen molar-refractivity contribution in [3.8, 4) is 11.5 Å². The lowest BCUT2D eigenvalue weighted by Crippen LogP contribution is -2.05. The Labute approximate surface area is 154 Å². The Bertz CT molecular complexity index is 816. The van der Waals surface area contributed by atoms with Crippen LogP contribution in [0.3, 0.4) is 0 Å². The molecule has 0 unspecified atom stereocenters. The topological polar surface area (TPSA) is 62.7 Å². The molecule has 5 heteroatoms. The second kappa shape index (κ2) is 8.94. The van der Waals surface area contributed by atoms with E-state index < -0.39 is 0 Å². The fraction of sp³-hybridized carbons (Fsp3) is 0.286. The number of aryl methyl sites for hydroxylation is 1. The van der Waals surface area contributed by atoms with Crippen molar-refractivity contribution in [2.75, 3.05) is 17.2 Å². The summed E-state index contributed by atoms with van der Waals surface area (Å²) < 4.78 is 0. The molecule has 0 aliphatic rings. The van der Waals surface area contributed by atoms with Crippen LogP contribution in [0, 0.1) is 0 Å². The molecule has 26 heavy (non-hydrogen) atoms. The molecule has 0 radical (unpaired) electrons. The van der Waals surface area contributed by atoms with Gasteiger partial charge in [0.05, 0.1) is 0 Å². The zero-order chi connectivity index (χ0) is 18.2. The van der Waals surface area contributed by atoms with Gasteiger partial charge in [-0.05, 0) is 42.7 Å². The van der Waals surface area contributed by atoms with Gasteiger partial charge in [0.1, 0.15) is 11.5 Å². The molecule has 3 rings (SSSR count). The largest absolute Gasteiger partial charge is 0.385 e. The molecule has 0 saturated carbocycles. The van der Waals surface area contributed by atoms with Gasteiger partial charge in [-0.3, -0.25) is 4.98 Å². The van der Waals surface area contributed by atoms with Gasteiger partial charge >= 0.3 is 0 Å². The summed E-state index contributed by atoms with van der Waals surface area (Å²) >= 11 is 0. The van der Waals surface area contributed by atoms with Crippen LogP contribution in [0.2, 0.25) is 0 Å². The Hall–Kier alpha value is -2.95. The number of rotatable bonds is 8. The number of nitrogens with one attached hydrogen (secondary N) is 2. The molecule has 0 fully saturated rings. The Kier molecular flexibility index (Phi) is 6.14. The molecule has 5 nitrogen and oxygen atoms in total. The van der Waals surface area contributed by atoms with E-state index >= 15 is 0 Å². The van der Waals surface area contributed by atoms with E-state index in [9.17, 15) is 0 Å². The predicted octanol–water partition coefficient (Wildman–Crippen LogP) is 4.54. The third-order valence-corrected chi connectivity index (χ3v) is 4.04. The number of aromatic nitrogens is 3. The number of hydrogen-bond acceptors (Lipinski definition) is 5. The molecule has 0 atom stereocenters. The first-order valence-corrected chi connectivity index (χ1v) is 9.14. The molecule has 0 saturated heterocycles. The molecule has 0 aliphatic carbocycles. The minimum absolute atomic E-state index is 0.659. The van der Waals surface area contributed by atoms with Crippen LogP contribution in [-0.4, -0.2) is 21.5 Å². The maximum atomic E-state index is 4.63. The van der Waals surface area contributed by atoms with Crippen molar-refractivity contribution in [3.63, 3.8) is 0 Å². The summed E-state index contributed by atoms with van der Waals surface area (Å²) in [6, 6.07) is 16.3. The smallest absolute Gasteiger partial charge is 0.180 e. The first-order valence-electron chi connectivity index (χ1n) is 9.14. The maximum Gasteiger partial charge on any atom is 0.180 e. The number of hydrogen-bond donors (Lipinski definition) is 2. The van der Waals surface area contributed by atoms with E-state index in [4.69, 9.17) is 0 Å². The number of nitrogens with zero attached hydrogens (tertiary/aromatic N) is 3. The van der Waals surface area contributed by atoms with Gasteiger partial charge in [0.2, 0.25) is 0 Å². The van der Waals surface area contributed by atoms with E-state index in [1.807, 2.05) is 24.3 Å². The van der Waals surface area contributed by atoms with Crippen LogP contribution in [0.1, 0.15) is 31.5 Å². The zero-order valence-corrected chi connectivity index (χ0v) is 15.4. The van der Waals surface area contributed by atoms with Crippen molar-refractivity contribution in [2.24, 2.45) is 0 Å². The molecule has 2 N–H and O–H groups in total. The van der Waals surface area contributed by atoms with E-state index in [1.165, 1.54) is 5.56 Å². The summed E-state index contributed by atoms with van der Waals surface area (Å²) in [5, 5.41) is 6.80. The van der Waals surface area contributed by atoms with Gasteiger partial charge in [-0.15, -0.1) is 0 Å². The van der Waals surface area contributed by atoms with Crippen LogP contribution in [0.5, 0.6) is 0 Å². The molecule has 2 heterocycles. The molecule has 0 bridgehead atoms. The zero-order valence-electron chi connectivity index (χ0n) is 15.4. The fourth-order valence-corrected chi connectivity index (χ4v) is 2.58. The summed E-state index contributed by atoms with van der Waals surface area (Å²) in [5.41, 5.74) is 4.16. The Morgan fingerprint density at radius 3 is 2.46 bits per heavy atom. The molecule has 0 amide bonds. The van der Waals surface area contributed by atoms with E-state index in [1.54, 1.807) is 6.20 Å². The van der Waals surface area contributed by atoms with Gasteiger partial charge in [-0.1, -0.05) is 32.0 Å². The monoisotopic (exact) mass is 347 g/mol. The van der Waals surface area contributed by atoms with Gasteiger partial charge in [-0.25, -0.2) is 9.97 Å². The van der Waals surface area contributed by atoms with Crippen LogP contribution >= 0.6 is 0 Å². The van der Waals surface area contributed by atoms with E-state index in [2.05, 4.69) is 63.7 Å². The SMILES string of the molecule is CCCNc1ccc(CNc2cc(CC)nc(-c3ccccn3)n2)cc1. The summed E-state index contributed by atoms with van der Waals surface area (Å²) in [4.78, 5) is 13.6. The first-order chi connectivity index (χ1) is 12.8. The van der Waals surface area contributed by atoms with E-state index in [-0.39, 0.29) is 0 Å². The van der Waals surface area contributed by atoms with Crippen molar-refractivity contribution in [2.45, 2.75) is 33.2 Å². The second-order valence-corrected chi connectivity index (χ2v) is 6.11. The highest BCUT2D eigenvalue weighted by Crippen LogP contribution is 2.17.